The van der Waals surface area contributed by atoms with Crippen LogP contribution in [0.25, 0.3) is 0 Å². The van der Waals surface area contributed by atoms with Crippen molar-refractivity contribution in [2.75, 3.05) is 12.0 Å². The van der Waals surface area contributed by atoms with Crippen LogP contribution in [0, 0.1) is 12.8 Å². The molecule has 0 unspecified atom stereocenters. The molecule has 1 aromatic heterocycles. The van der Waals surface area contributed by atoms with Gasteiger partial charge in [0.2, 0.25) is 11.8 Å². The molecule has 2 aliphatic rings. The zero-order valence-electron chi connectivity index (χ0n) is 17.4. The van der Waals surface area contributed by atoms with E-state index >= 15 is 0 Å². The number of carbonyl (C=O) groups excluding carboxylic acids is 2. The summed E-state index contributed by atoms with van der Waals surface area (Å²) in [4.78, 5) is 28.2. The lowest BCUT2D eigenvalue weighted by molar-refractivity contribution is -0.128. The Balaban J connectivity index is 1.70. The van der Waals surface area contributed by atoms with Crippen LogP contribution < -0.4 is 15.0 Å². The molecule has 2 amide bonds. The van der Waals surface area contributed by atoms with Gasteiger partial charge in [0.1, 0.15) is 12.3 Å². The van der Waals surface area contributed by atoms with Crippen LogP contribution in [0.2, 0.25) is 0 Å². The van der Waals surface area contributed by atoms with Crippen LogP contribution in [0.4, 0.5) is 5.69 Å². The van der Waals surface area contributed by atoms with Gasteiger partial charge in [-0.25, -0.2) is 0 Å². The van der Waals surface area contributed by atoms with Crippen molar-refractivity contribution in [1.82, 2.24) is 9.88 Å². The zero-order valence-corrected chi connectivity index (χ0v) is 17.4. The second-order valence-corrected chi connectivity index (χ2v) is 8.37. The molecule has 1 atom stereocenters. The Morgan fingerprint density at radius 1 is 1.17 bits per heavy atom. The molecule has 6 heteroatoms. The Morgan fingerprint density at radius 3 is 2.66 bits per heavy atom. The second-order valence-electron chi connectivity index (χ2n) is 8.37. The smallest absolute Gasteiger partial charge is 0.249 e. The third-order valence-electron chi connectivity index (χ3n) is 6.18. The number of rotatable bonds is 4. The van der Waals surface area contributed by atoms with Crippen LogP contribution in [0.15, 0.2) is 36.5 Å². The first-order chi connectivity index (χ1) is 14.0. The van der Waals surface area contributed by atoms with Gasteiger partial charge in [0.05, 0.1) is 18.5 Å². The number of methoxy groups -OCH3 is 1. The largest absolute Gasteiger partial charge is 0.495 e. The predicted octanol–water partition coefficient (Wildman–Crippen LogP) is 3.59. The van der Waals surface area contributed by atoms with Crippen molar-refractivity contribution in [2.45, 2.75) is 58.2 Å². The number of nitrogens with one attached hydrogen (secondary N) is 1. The number of anilines is 1. The number of ether oxygens (including phenoxy) is 1. The van der Waals surface area contributed by atoms with E-state index in [2.05, 4.69) is 12.2 Å². The molecule has 0 saturated heterocycles. The average Bonchev–Trinajstić information content (AvgIpc) is 3.16. The third kappa shape index (κ3) is 3.76. The molecule has 0 radical (unpaired) electrons. The van der Waals surface area contributed by atoms with E-state index in [4.69, 9.17) is 4.74 Å². The van der Waals surface area contributed by atoms with Gasteiger partial charge in [-0.05, 0) is 68.4 Å². The van der Waals surface area contributed by atoms with Crippen LogP contribution in [-0.2, 0) is 16.1 Å². The summed E-state index contributed by atoms with van der Waals surface area (Å²) in [5.74, 6) is 1.06. The molecule has 154 valence electrons. The lowest BCUT2D eigenvalue weighted by Gasteiger charge is -2.38. The van der Waals surface area contributed by atoms with Crippen LogP contribution in [-0.4, -0.2) is 29.5 Å². The molecule has 1 fully saturated rings. The van der Waals surface area contributed by atoms with E-state index in [0.29, 0.717) is 17.4 Å². The molecular formula is C23H29N3O3. The van der Waals surface area contributed by atoms with Crippen molar-refractivity contribution >= 4 is 17.5 Å². The van der Waals surface area contributed by atoms with Crippen molar-refractivity contribution in [3.05, 3.63) is 47.8 Å². The van der Waals surface area contributed by atoms with Gasteiger partial charge in [0, 0.05) is 12.2 Å². The molecule has 4 rings (SSSR count). The number of nitrogens with zero attached hydrogens (tertiary/aromatic N) is 2. The summed E-state index contributed by atoms with van der Waals surface area (Å²) in [5.41, 5.74) is 2.48. The highest BCUT2D eigenvalue weighted by Crippen LogP contribution is 2.38. The lowest BCUT2D eigenvalue weighted by Crippen LogP contribution is -2.51. The van der Waals surface area contributed by atoms with Gasteiger partial charge in [-0.15, -0.1) is 0 Å². The maximum Gasteiger partial charge on any atom is 0.249 e. The number of hydrogen-bond donors (Lipinski definition) is 1. The van der Waals surface area contributed by atoms with Crippen molar-refractivity contribution in [3.8, 4) is 5.75 Å². The first-order valence-electron chi connectivity index (χ1n) is 10.4. The molecule has 0 spiro atoms. The minimum atomic E-state index is -0.707. The van der Waals surface area contributed by atoms with Gasteiger partial charge >= 0.3 is 0 Å². The van der Waals surface area contributed by atoms with Gasteiger partial charge in [0.25, 0.3) is 0 Å². The molecule has 6 nitrogen and oxygen atoms in total. The summed E-state index contributed by atoms with van der Waals surface area (Å²) in [7, 11) is 1.59. The van der Waals surface area contributed by atoms with Crippen molar-refractivity contribution in [2.24, 2.45) is 5.92 Å². The van der Waals surface area contributed by atoms with E-state index in [1.165, 1.54) is 0 Å². The fraction of sp³-hybridized carbons (Fsp3) is 0.478. The summed E-state index contributed by atoms with van der Waals surface area (Å²) in [6.45, 7) is 4.44. The molecule has 1 aliphatic carbocycles. The standard InChI is InChI=1S/C23H29N3O3/c1-15-6-9-17(10-7-15)24-23(28)22-18-5-4-12-25(18)14-21(27)26(22)19-13-16(2)8-11-20(19)29-3/h4-5,8,11-13,15,17,22H,6-7,9-10,14H2,1-3H3,(H,24,28)/t15?,17?,22-/m0/s1. The predicted molar refractivity (Wildman–Crippen MR) is 112 cm³/mol. The molecule has 1 aliphatic heterocycles. The third-order valence-corrected chi connectivity index (χ3v) is 6.18. The molecule has 1 N–H and O–H groups in total. The molecule has 2 heterocycles. The van der Waals surface area contributed by atoms with Gasteiger partial charge in [-0.1, -0.05) is 13.0 Å². The van der Waals surface area contributed by atoms with Gasteiger partial charge in [-0.3, -0.25) is 14.5 Å². The van der Waals surface area contributed by atoms with E-state index in [0.717, 1.165) is 36.9 Å². The fourth-order valence-electron chi connectivity index (χ4n) is 4.52. The summed E-state index contributed by atoms with van der Waals surface area (Å²) in [6, 6.07) is 8.98. The molecule has 1 aromatic carbocycles. The average molecular weight is 396 g/mol. The van der Waals surface area contributed by atoms with Gasteiger partial charge in [0.15, 0.2) is 6.04 Å². The Kier molecular flexibility index (Phi) is 5.35. The molecule has 0 bridgehead atoms. The topological polar surface area (TPSA) is 63.6 Å². The fourth-order valence-corrected chi connectivity index (χ4v) is 4.52. The molecular weight excluding hydrogens is 366 g/mol. The van der Waals surface area contributed by atoms with Gasteiger partial charge < -0.3 is 14.6 Å². The molecule has 1 saturated carbocycles. The quantitative estimate of drug-likeness (QED) is 0.861. The van der Waals surface area contributed by atoms with E-state index in [1.54, 1.807) is 12.0 Å². The summed E-state index contributed by atoms with van der Waals surface area (Å²) in [5, 5.41) is 3.23. The van der Waals surface area contributed by atoms with Crippen molar-refractivity contribution in [3.63, 3.8) is 0 Å². The molecule has 2 aromatic rings. The highest BCUT2D eigenvalue weighted by Gasteiger charge is 2.40. The van der Waals surface area contributed by atoms with E-state index in [9.17, 15) is 9.59 Å². The normalized spacial score (nSPS) is 24.2. The Hall–Kier alpha value is -2.76. The number of amides is 2. The number of aromatic nitrogens is 1. The number of carbonyl (C=O) groups is 2. The Bertz CT molecular complexity index is 912. The van der Waals surface area contributed by atoms with E-state index in [-0.39, 0.29) is 24.4 Å². The molecule has 29 heavy (non-hydrogen) atoms. The number of benzene rings is 1. The van der Waals surface area contributed by atoms with Crippen molar-refractivity contribution in [1.29, 1.82) is 0 Å². The van der Waals surface area contributed by atoms with E-state index < -0.39 is 6.04 Å². The number of fused-ring (bicyclic) bond motifs is 1. The van der Waals surface area contributed by atoms with Crippen LogP contribution in [0.5, 0.6) is 5.75 Å². The first kappa shape index (κ1) is 19.6. The Labute approximate surface area is 171 Å². The number of aryl methyl sites for hydroxylation is 1. The van der Waals surface area contributed by atoms with E-state index in [1.807, 2.05) is 48.0 Å². The minimum Gasteiger partial charge on any atom is -0.495 e. The van der Waals surface area contributed by atoms with Crippen LogP contribution in [0.3, 0.4) is 0 Å². The maximum absolute atomic E-state index is 13.5. The minimum absolute atomic E-state index is 0.116. The monoisotopic (exact) mass is 395 g/mol. The summed E-state index contributed by atoms with van der Waals surface area (Å²) < 4.78 is 7.40. The van der Waals surface area contributed by atoms with Crippen LogP contribution in [0.1, 0.15) is 49.9 Å². The SMILES string of the molecule is COc1ccc(C)cc1N1C(=O)Cn2cccc2[C@H]1C(=O)NC1CCC(C)CC1. The summed E-state index contributed by atoms with van der Waals surface area (Å²) >= 11 is 0. The van der Waals surface area contributed by atoms with Gasteiger partial charge in [-0.2, -0.15) is 0 Å². The number of hydrogen-bond acceptors (Lipinski definition) is 3. The zero-order chi connectivity index (χ0) is 20.5. The second kappa shape index (κ2) is 7.93. The lowest BCUT2D eigenvalue weighted by atomic mass is 9.87. The first-order valence-corrected chi connectivity index (χ1v) is 10.4. The highest BCUT2D eigenvalue weighted by molar-refractivity contribution is 6.03. The Morgan fingerprint density at radius 2 is 1.93 bits per heavy atom. The highest BCUT2D eigenvalue weighted by atomic mass is 16.5. The summed E-state index contributed by atoms with van der Waals surface area (Å²) in [6.07, 6.45) is 6.09. The maximum atomic E-state index is 13.5. The van der Waals surface area contributed by atoms with Crippen molar-refractivity contribution < 1.29 is 14.3 Å². The van der Waals surface area contributed by atoms with Crippen LogP contribution >= 0.6 is 0 Å².